The van der Waals surface area contributed by atoms with Crippen LogP contribution in [0.25, 0.3) is 22.8 Å². The van der Waals surface area contributed by atoms with Gasteiger partial charge in [-0.25, -0.2) is 9.59 Å². The molecule has 0 aliphatic heterocycles. The van der Waals surface area contributed by atoms with E-state index in [2.05, 4.69) is 20.1 Å². The first-order chi connectivity index (χ1) is 17.2. The quantitative estimate of drug-likeness (QED) is 0.262. The van der Waals surface area contributed by atoms with Gasteiger partial charge in [0.25, 0.3) is 5.89 Å². The Kier molecular flexibility index (Phi) is 6.03. The molecule has 0 N–H and O–H groups in total. The van der Waals surface area contributed by atoms with E-state index in [0.29, 0.717) is 45.5 Å². The minimum atomic E-state index is -0.477. The third kappa shape index (κ3) is 5.09. The highest BCUT2D eigenvalue weighted by Crippen LogP contribution is 2.26. The molecule has 35 heavy (non-hydrogen) atoms. The number of benzene rings is 2. The molecule has 0 radical (unpaired) electrons. The van der Waals surface area contributed by atoms with Gasteiger partial charge in [-0.15, -0.1) is 0 Å². The maximum absolute atomic E-state index is 12.2. The molecule has 0 amide bonds. The van der Waals surface area contributed by atoms with Gasteiger partial charge in [0.05, 0.1) is 11.1 Å². The van der Waals surface area contributed by atoms with Crippen LogP contribution in [0.15, 0.2) is 102 Å². The van der Waals surface area contributed by atoms with E-state index in [4.69, 9.17) is 14.0 Å². The van der Waals surface area contributed by atoms with Crippen molar-refractivity contribution in [2.45, 2.75) is 0 Å². The predicted molar refractivity (Wildman–Crippen MR) is 124 cm³/mol. The fourth-order valence-electron chi connectivity index (χ4n) is 3.10. The first-order valence-electron chi connectivity index (χ1n) is 10.4. The zero-order valence-corrected chi connectivity index (χ0v) is 18.1. The largest absolute Gasteiger partial charge is 0.423 e. The summed E-state index contributed by atoms with van der Waals surface area (Å²) in [6, 6.07) is 19.8. The summed E-state index contributed by atoms with van der Waals surface area (Å²) < 4.78 is 16.1. The molecule has 0 saturated carbocycles. The van der Waals surface area contributed by atoms with Crippen LogP contribution in [-0.4, -0.2) is 32.0 Å². The van der Waals surface area contributed by atoms with Gasteiger partial charge in [0.15, 0.2) is 0 Å². The Morgan fingerprint density at radius 1 is 0.600 bits per heavy atom. The van der Waals surface area contributed by atoms with Gasteiger partial charge in [-0.1, -0.05) is 5.16 Å². The summed E-state index contributed by atoms with van der Waals surface area (Å²) in [5.41, 5.74) is 2.16. The molecule has 3 heterocycles. The highest BCUT2D eigenvalue weighted by molar-refractivity contribution is 5.91. The third-order valence-corrected chi connectivity index (χ3v) is 4.89. The van der Waals surface area contributed by atoms with Crippen LogP contribution in [-0.2, 0) is 0 Å². The number of carbonyl (C=O) groups excluding carboxylic acids is 2. The van der Waals surface area contributed by atoms with Gasteiger partial charge in [-0.2, -0.15) is 4.98 Å². The molecule has 0 atom stereocenters. The van der Waals surface area contributed by atoms with Crippen LogP contribution in [0.5, 0.6) is 11.5 Å². The van der Waals surface area contributed by atoms with Crippen molar-refractivity contribution in [3.8, 4) is 34.3 Å². The minimum Gasteiger partial charge on any atom is -0.423 e. The maximum atomic E-state index is 12.2. The van der Waals surface area contributed by atoms with Gasteiger partial charge in [0.1, 0.15) is 11.5 Å². The number of hydrogen-bond donors (Lipinski definition) is 0. The number of ether oxygens (including phenoxy) is 2. The van der Waals surface area contributed by atoms with Gasteiger partial charge in [-0.3, -0.25) is 9.97 Å². The van der Waals surface area contributed by atoms with Crippen molar-refractivity contribution in [1.29, 1.82) is 0 Å². The Morgan fingerprint density at radius 2 is 1.06 bits per heavy atom. The Labute approximate surface area is 199 Å². The topological polar surface area (TPSA) is 117 Å². The molecule has 0 aliphatic rings. The molecule has 9 nitrogen and oxygen atoms in total. The zero-order chi connectivity index (χ0) is 24.0. The molecule has 3 aromatic heterocycles. The second kappa shape index (κ2) is 9.75. The molecule has 0 unspecified atom stereocenters. The predicted octanol–water partition coefficient (Wildman–Crippen LogP) is 4.63. The van der Waals surface area contributed by atoms with Crippen molar-refractivity contribution in [3.05, 3.63) is 109 Å². The molecule has 5 aromatic rings. The van der Waals surface area contributed by atoms with Crippen molar-refractivity contribution in [3.63, 3.8) is 0 Å². The highest BCUT2D eigenvalue weighted by atomic mass is 16.5. The summed E-state index contributed by atoms with van der Waals surface area (Å²) in [5.74, 6) is 0.496. The summed E-state index contributed by atoms with van der Waals surface area (Å²) in [5, 5.41) is 4.02. The van der Waals surface area contributed by atoms with Gasteiger partial charge < -0.3 is 14.0 Å². The van der Waals surface area contributed by atoms with Crippen LogP contribution < -0.4 is 9.47 Å². The van der Waals surface area contributed by atoms with Crippen molar-refractivity contribution in [2.75, 3.05) is 0 Å². The monoisotopic (exact) mass is 464 g/mol. The van der Waals surface area contributed by atoms with Crippen LogP contribution in [0.1, 0.15) is 20.7 Å². The van der Waals surface area contributed by atoms with E-state index < -0.39 is 11.9 Å². The summed E-state index contributed by atoms with van der Waals surface area (Å²) in [6.07, 6.45) is 6.09. The normalized spacial score (nSPS) is 10.5. The van der Waals surface area contributed by atoms with Crippen LogP contribution in [0.4, 0.5) is 0 Å². The Balaban J connectivity index is 1.24. The lowest BCUT2D eigenvalue weighted by atomic mass is 10.2. The number of nitrogens with zero attached hydrogens (tertiary/aromatic N) is 4. The number of esters is 2. The molecule has 5 rings (SSSR count). The molecular formula is C26H16N4O5. The van der Waals surface area contributed by atoms with Crippen molar-refractivity contribution in [2.24, 2.45) is 0 Å². The second-order valence-corrected chi connectivity index (χ2v) is 7.22. The Bertz CT molecular complexity index is 1340. The maximum Gasteiger partial charge on any atom is 0.343 e. The molecule has 0 spiro atoms. The number of hydrogen-bond acceptors (Lipinski definition) is 9. The smallest absolute Gasteiger partial charge is 0.343 e. The first-order valence-corrected chi connectivity index (χ1v) is 10.4. The van der Waals surface area contributed by atoms with Gasteiger partial charge in [-0.05, 0) is 72.8 Å². The molecule has 170 valence electrons. The van der Waals surface area contributed by atoms with Crippen molar-refractivity contribution in [1.82, 2.24) is 20.1 Å². The Hall–Kier alpha value is -5.18. The van der Waals surface area contributed by atoms with Gasteiger partial charge in [0.2, 0.25) is 5.82 Å². The van der Waals surface area contributed by atoms with Crippen LogP contribution in [0.2, 0.25) is 0 Å². The lowest BCUT2D eigenvalue weighted by Gasteiger charge is -2.04. The van der Waals surface area contributed by atoms with Crippen LogP contribution in [0.3, 0.4) is 0 Å². The summed E-state index contributed by atoms with van der Waals surface area (Å²) >= 11 is 0. The average Bonchev–Trinajstić information content (AvgIpc) is 3.41. The molecule has 0 fully saturated rings. The fraction of sp³-hybridized carbons (Fsp3) is 0. The van der Waals surface area contributed by atoms with E-state index in [0.717, 1.165) is 0 Å². The molecule has 9 heteroatoms. The average molecular weight is 464 g/mol. The number of pyridine rings is 2. The van der Waals surface area contributed by atoms with Gasteiger partial charge >= 0.3 is 11.9 Å². The number of rotatable bonds is 6. The Morgan fingerprint density at radius 3 is 1.54 bits per heavy atom. The second-order valence-electron chi connectivity index (χ2n) is 7.22. The van der Waals surface area contributed by atoms with E-state index >= 15 is 0 Å². The molecule has 0 saturated heterocycles. The third-order valence-electron chi connectivity index (χ3n) is 4.89. The summed E-state index contributed by atoms with van der Waals surface area (Å²) in [4.78, 5) is 36.5. The number of aromatic nitrogens is 4. The molecular weight excluding hydrogens is 448 g/mol. The summed E-state index contributed by atoms with van der Waals surface area (Å²) in [6.45, 7) is 0. The first kappa shape index (κ1) is 21.7. The van der Waals surface area contributed by atoms with Crippen LogP contribution >= 0.6 is 0 Å². The molecule has 0 bridgehead atoms. The number of carbonyl (C=O) groups is 2. The summed E-state index contributed by atoms with van der Waals surface area (Å²) in [7, 11) is 0. The van der Waals surface area contributed by atoms with Crippen LogP contribution in [0, 0.1) is 0 Å². The zero-order valence-electron chi connectivity index (χ0n) is 18.1. The fourth-order valence-corrected chi connectivity index (χ4v) is 3.10. The lowest BCUT2D eigenvalue weighted by Crippen LogP contribution is -2.08. The highest BCUT2D eigenvalue weighted by Gasteiger charge is 2.13. The van der Waals surface area contributed by atoms with Crippen molar-refractivity contribution >= 4 is 11.9 Å². The molecule has 2 aromatic carbocycles. The van der Waals surface area contributed by atoms with Crippen molar-refractivity contribution < 1.29 is 23.6 Å². The SMILES string of the molecule is O=C(Oc1ccc(-c2noc(-c3ccc(OC(=O)c4ccncc4)cc3)n2)cc1)c1ccncc1. The van der Waals surface area contributed by atoms with E-state index in [9.17, 15) is 9.59 Å². The lowest BCUT2D eigenvalue weighted by molar-refractivity contribution is 0.0725. The van der Waals surface area contributed by atoms with E-state index in [1.807, 2.05) is 0 Å². The molecule has 0 aliphatic carbocycles. The standard InChI is InChI=1S/C26H16N4O5/c31-25(19-9-13-27-14-10-19)33-21-5-1-17(2-6-21)23-29-24(35-30-23)18-3-7-22(8-4-18)34-26(32)20-11-15-28-16-12-20/h1-16H. The minimum absolute atomic E-state index is 0.306. The van der Waals surface area contributed by atoms with E-state index in [1.165, 1.54) is 24.8 Å². The van der Waals surface area contributed by atoms with E-state index in [1.54, 1.807) is 72.8 Å². The van der Waals surface area contributed by atoms with Gasteiger partial charge in [0, 0.05) is 35.9 Å². The van der Waals surface area contributed by atoms with E-state index in [-0.39, 0.29) is 0 Å².